The smallest absolute Gasteiger partial charge is 0.241 e. The van der Waals surface area contributed by atoms with E-state index in [1.807, 2.05) is 12.4 Å². The van der Waals surface area contributed by atoms with Crippen molar-refractivity contribution in [1.82, 2.24) is 29.5 Å². The Labute approximate surface area is 118 Å². The monoisotopic (exact) mass is 288 g/mol. The molecule has 0 saturated carbocycles. The summed E-state index contributed by atoms with van der Waals surface area (Å²) in [7, 11) is 0. The van der Waals surface area contributed by atoms with Gasteiger partial charge in [-0.25, -0.2) is 9.97 Å². The summed E-state index contributed by atoms with van der Waals surface area (Å²) in [6.07, 6.45) is 4.99. The summed E-state index contributed by atoms with van der Waals surface area (Å²) in [6.45, 7) is 2.57. The lowest BCUT2D eigenvalue weighted by Gasteiger charge is -2.06. The molecule has 3 N–H and O–H groups in total. The van der Waals surface area contributed by atoms with Crippen LogP contribution in [-0.4, -0.2) is 29.5 Å². The quantitative estimate of drug-likeness (QED) is 0.737. The minimum atomic E-state index is 0.159. The second kappa shape index (κ2) is 5.21. The molecule has 0 radical (unpaired) electrons. The topological polar surface area (TPSA) is 107 Å². The number of hydrogen-bond donors (Lipinski definition) is 2. The molecule has 0 unspecified atom stereocenters. The number of nitrogen functional groups attached to an aromatic ring is 1. The van der Waals surface area contributed by atoms with Crippen LogP contribution in [0.2, 0.25) is 0 Å². The van der Waals surface area contributed by atoms with Gasteiger partial charge in [0.1, 0.15) is 6.33 Å². The molecule has 0 atom stereocenters. The van der Waals surface area contributed by atoms with Gasteiger partial charge in [0.2, 0.25) is 17.8 Å². The summed E-state index contributed by atoms with van der Waals surface area (Å²) in [4.78, 5) is 21.7. The SMILES string of the molecule is Cc1ncsc1CNc1nc(N)nc(-n2ccnc2)n1. The molecule has 0 spiro atoms. The first-order valence-electron chi connectivity index (χ1n) is 5.85. The Morgan fingerprint density at radius 3 is 2.95 bits per heavy atom. The van der Waals surface area contributed by atoms with Crippen LogP contribution in [0.15, 0.2) is 24.2 Å². The van der Waals surface area contributed by atoms with Crippen molar-refractivity contribution in [2.75, 3.05) is 11.1 Å². The highest BCUT2D eigenvalue weighted by molar-refractivity contribution is 7.09. The zero-order chi connectivity index (χ0) is 13.9. The summed E-state index contributed by atoms with van der Waals surface area (Å²) in [5.41, 5.74) is 8.51. The first-order valence-corrected chi connectivity index (χ1v) is 6.73. The molecule has 0 aliphatic heterocycles. The van der Waals surface area contributed by atoms with Gasteiger partial charge in [-0.05, 0) is 6.92 Å². The molecule has 3 heterocycles. The number of nitrogens with one attached hydrogen (secondary N) is 1. The standard InChI is InChI=1S/C11H12N8S/c1-7-8(20-6-15-7)4-14-10-16-9(12)17-11(18-10)19-3-2-13-5-19/h2-3,5-6H,4H2,1H3,(H3,12,14,16,17,18). The summed E-state index contributed by atoms with van der Waals surface area (Å²) < 4.78 is 1.67. The fourth-order valence-corrected chi connectivity index (χ4v) is 2.32. The first-order chi connectivity index (χ1) is 9.72. The zero-order valence-electron chi connectivity index (χ0n) is 10.7. The van der Waals surface area contributed by atoms with Crippen molar-refractivity contribution in [2.45, 2.75) is 13.5 Å². The first kappa shape index (κ1) is 12.5. The number of thiazole rings is 1. The lowest BCUT2D eigenvalue weighted by atomic mass is 10.4. The van der Waals surface area contributed by atoms with Crippen LogP contribution in [0, 0.1) is 6.92 Å². The second-order valence-electron chi connectivity index (χ2n) is 4.00. The van der Waals surface area contributed by atoms with Gasteiger partial charge >= 0.3 is 0 Å². The molecule has 3 rings (SSSR count). The van der Waals surface area contributed by atoms with E-state index in [0.29, 0.717) is 18.4 Å². The average molecular weight is 288 g/mol. The molecule has 3 aromatic rings. The third-order valence-corrected chi connectivity index (χ3v) is 3.56. The Morgan fingerprint density at radius 1 is 1.35 bits per heavy atom. The molecule has 102 valence electrons. The predicted molar refractivity (Wildman–Crippen MR) is 75.5 cm³/mol. The molecule has 0 fully saturated rings. The molecule has 0 aromatic carbocycles. The zero-order valence-corrected chi connectivity index (χ0v) is 11.5. The van der Waals surface area contributed by atoms with Gasteiger partial charge in [0, 0.05) is 17.3 Å². The van der Waals surface area contributed by atoms with Crippen LogP contribution in [0.3, 0.4) is 0 Å². The maximum atomic E-state index is 5.70. The fraction of sp³-hybridized carbons (Fsp3) is 0.182. The van der Waals surface area contributed by atoms with E-state index in [1.165, 1.54) is 0 Å². The van der Waals surface area contributed by atoms with Crippen molar-refractivity contribution in [3.63, 3.8) is 0 Å². The second-order valence-corrected chi connectivity index (χ2v) is 4.94. The fourth-order valence-electron chi connectivity index (χ4n) is 1.61. The molecule has 20 heavy (non-hydrogen) atoms. The molecule has 0 aliphatic carbocycles. The van der Waals surface area contributed by atoms with Gasteiger partial charge in [0.25, 0.3) is 0 Å². The number of nitrogens with two attached hydrogens (primary N) is 1. The summed E-state index contributed by atoms with van der Waals surface area (Å²) >= 11 is 1.58. The van der Waals surface area contributed by atoms with Gasteiger partial charge in [0.05, 0.1) is 17.7 Å². The number of anilines is 2. The lowest BCUT2D eigenvalue weighted by Crippen LogP contribution is -2.10. The van der Waals surface area contributed by atoms with E-state index in [-0.39, 0.29) is 5.95 Å². The number of rotatable bonds is 4. The van der Waals surface area contributed by atoms with Gasteiger partial charge in [0.15, 0.2) is 0 Å². The highest BCUT2D eigenvalue weighted by Gasteiger charge is 2.07. The van der Waals surface area contributed by atoms with Crippen molar-refractivity contribution >= 4 is 23.2 Å². The highest BCUT2D eigenvalue weighted by Crippen LogP contribution is 2.14. The number of imidazole rings is 1. The largest absolute Gasteiger partial charge is 0.368 e. The van der Waals surface area contributed by atoms with Gasteiger partial charge < -0.3 is 11.1 Å². The van der Waals surface area contributed by atoms with E-state index >= 15 is 0 Å². The van der Waals surface area contributed by atoms with Crippen LogP contribution in [0.4, 0.5) is 11.9 Å². The summed E-state index contributed by atoms with van der Waals surface area (Å²) in [5, 5.41) is 3.13. The highest BCUT2D eigenvalue weighted by atomic mass is 32.1. The molecule has 8 nitrogen and oxygen atoms in total. The van der Waals surface area contributed by atoms with Crippen molar-refractivity contribution in [1.29, 1.82) is 0 Å². The van der Waals surface area contributed by atoms with E-state index in [2.05, 4.69) is 30.2 Å². The van der Waals surface area contributed by atoms with E-state index in [1.54, 1.807) is 34.6 Å². The van der Waals surface area contributed by atoms with Crippen LogP contribution in [0.1, 0.15) is 10.6 Å². The maximum absolute atomic E-state index is 5.70. The van der Waals surface area contributed by atoms with Crippen molar-refractivity contribution in [2.24, 2.45) is 0 Å². The van der Waals surface area contributed by atoms with Crippen molar-refractivity contribution in [3.8, 4) is 5.95 Å². The molecule has 0 saturated heterocycles. The Bertz CT molecular complexity index is 705. The van der Waals surface area contributed by atoms with E-state index in [4.69, 9.17) is 5.73 Å². The van der Waals surface area contributed by atoms with Crippen LogP contribution >= 0.6 is 11.3 Å². The molecule has 0 bridgehead atoms. The number of hydrogen-bond acceptors (Lipinski definition) is 8. The third-order valence-electron chi connectivity index (χ3n) is 2.63. The Kier molecular flexibility index (Phi) is 3.25. The Hall–Kier alpha value is -2.55. The third kappa shape index (κ3) is 2.57. The maximum Gasteiger partial charge on any atom is 0.241 e. The van der Waals surface area contributed by atoms with Crippen molar-refractivity contribution in [3.05, 3.63) is 34.8 Å². The van der Waals surface area contributed by atoms with E-state index in [9.17, 15) is 0 Å². The lowest BCUT2D eigenvalue weighted by molar-refractivity contribution is 0.896. The Balaban J connectivity index is 1.81. The number of nitrogens with zero attached hydrogens (tertiary/aromatic N) is 6. The summed E-state index contributed by atoms with van der Waals surface area (Å²) in [6, 6.07) is 0. The summed E-state index contributed by atoms with van der Waals surface area (Å²) in [5.74, 6) is 1.01. The normalized spacial score (nSPS) is 10.7. The molecule has 9 heteroatoms. The Morgan fingerprint density at radius 2 is 2.25 bits per heavy atom. The number of aromatic nitrogens is 6. The molecule has 0 aliphatic rings. The molecule has 3 aromatic heterocycles. The van der Waals surface area contributed by atoms with Crippen LogP contribution < -0.4 is 11.1 Å². The number of aryl methyl sites for hydroxylation is 1. The van der Waals surface area contributed by atoms with Crippen LogP contribution in [0.5, 0.6) is 0 Å². The van der Waals surface area contributed by atoms with Gasteiger partial charge in [-0.1, -0.05) is 0 Å². The van der Waals surface area contributed by atoms with Gasteiger partial charge in [-0.3, -0.25) is 4.57 Å². The minimum absolute atomic E-state index is 0.159. The molecular formula is C11H12N8S. The minimum Gasteiger partial charge on any atom is -0.368 e. The van der Waals surface area contributed by atoms with Crippen LogP contribution in [0.25, 0.3) is 5.95 Å². The molecule has 0 amide bonds. The molecular weight excluding hydrogens is 276 g/mol. The van der Waals surface area contributed by atoms with Gasteiger partial charge in [-0.2, -0.15) is 15.0 Å². The predicted octanol–water partition coefficient (Wildman–Crippen LogP) is 1.02. The van der Waals surface area contributed by atoms with E-state index in [0.717, 1.165) is 10.6 Å². The van der Waals surface area contributed by atoms with Crippen molar-refractivity contribution < 1.29 is 0 Å². The van der Waals surface area contributed by atoms with Gasteiger partial charge in [-0.15, -0.1) is 11.3 Å². The van der Waals surface area contributed by atoms with E-state index < -0.39 is 0 Å². The average Bonchev–Trinajstić information content (AvgIpc) is 3.07. The van der Waals surface area contributed by atoms with Crippen LogP contribution in [-0.2, 0) is 6.54 Å².